The summed E-state index contributed by atoms with van der Waals surface area (Å²) in [6, 6.07) is 3.60. The molecule has 18 heavy (non-hydrogen) atoms. The average Bonchev–Trinajstić information content (AvgIpc) is 2.31. The molecule has 0 heterocycles. The summed E-state index contributed by atoms with van der Waals surface area (Å²) in [6.45, 7) is 0.699. The number of hydrogen-bond acceptors (Lipinski definition) is 5. The van der Waals surface area contributed by atoms with Crippen LogP contribution in [0.3, 0.4) is 0 Å². The second kappa shape index (κ2) is 6.55. The SMILES string of the molecule is CNCCCC(=O)Nc1ccc(O)cc1[N+](=O)[O-]. The van der Waals surface area contributed by atoms with Crippen LogP contribution >= 0.6 is 0 Å². The van der Waals surface area contributed by atoms with Gasteiger partial charge in [0.15, 0.2) is 0 Å². The second-order valence-electron chi connectivity index (χ2n) is 3.71. The van der Waals surface area contributed by atoms with E-state index in [1.807, 2.05) is 0 Å². The van der Waals surface area contributed by atoms with Gasteiger partial charge >= 0.3 is 0 Å². The molecule has 3 N–H and O–H groups in total. The molecule has 0 fully saturated rings. The minimum atomic E-state index is -0.650. The molecule has 0 saturated carbocycles. The molecule has 7 nitrogen and oxygen atoms in total. The molecule has 0 saturated heterocycles. The molecule has 0 aromatic heterocycles. The first-order valence-electron chi connectivity index (χ1n) is 5.46. The van der Waals surface area contributed by atoms with Crippen LogP contribution in [0.1, 0.15) is 12.8 Å². The van der Waals surface area contributed by atoms with Crippen LogP contribution in [0.4, 0.5) is 11.4 Å². The summed E-state index contributed by atoms with van der Waals surface area (Å²) in [5, 5.41) is 25.3. The van der Waals surface area contributed by atoms with E-state index in [2.05, 4.69) is 10.6 Å². The normalized spacial score (nSPS) is 10.1. The zero-order chi connectivity index (χ0) is 13.5. The molecule has 0 spiro atoms. The van der Waals surface area contributed by atoms with Crippen LogP contribution in [-0.2, 0) is 4.79 Å². The standard InChI is InChI=1S/C11H15N3O4/c1-12-6-2-3-11(16)13-9-5-4-8(15)7-10(9)14(17)18/h4-5,7,12,15H,2-3,6H2,1H3,(H,13,16). The number of benzene rings is 1. The number of carbonyl (C=O) groups excluding carboxylic acids is 1. The quantitative estimate of drug-likeness (QED) is 0.306. The maximum absolute atomic E-state index is 11.5. The summed E-state index contributed by atoms with van der Waals surface area (Å²) in [6.07, 6.45) is 0.924. The number of rotatable bonds is 6. The largest absolute Gasteiger partial charge is 0.508 e. The average molecular weight is 253 g/mol. The molecule has 0 aliphatic carbocycles. The van der Waals surface area contributed by atoms with Crippen LogP contribution in [0.25, 0.3) is 0 Å². The van der Waals surface area contributed by atoms with E-state index in [0.717, 1.165) is 6.07 Å². The van der Waals surface area contributed by atoms with Crippen molar-refractivity contribution in [3.05, 3.63) is 28.3 Å². The Hall–Kier alpha value is -2.15. The summed E-state index contributed by atoms with van der Waals surface area (Å²) in [4.78, 5) is 21.6. The van der Waals surface area contributed by atoms with E-state index in [4.69, 9.17) is 5.11 Å². The van der Waals surface area contributed by atoms with Crippen molar-refractivity contribution in [2.24, 2.45) is 0 Å². The maximum atomic E-state index is 11.5. The van der Waals surface area contributed by atoms with Crippen LogP contribution in [-0.4, -0.2) is 29.5 Å². The van der Waals surface area contributed by atoms with Gasteiger partial charge in [-0.25, -0.2) is 0 Å². The summed E-state index contributed by atoms with van der Waals surface area (Å²) in [5.41, 5.74) is -0.232. The smallest absolute Gasteiger partial charge is 0.296 e. The molecule has 1 rings (SSSR count). The molecule has 0 atom stereocenters. The molecule has 0 radical (unpaired) electrons. The third kappa shape index (κ3) is 4.02. The fraction of sp³-hybridized carbons (Fsp3) is 0.364. The number of phenols is 1. The summed E-state index contributed by atoms with van der Waals surface area (Å²) in [7, 11) is 1.78. The van der Waals surface area contributed by atoms with Gasteiger partial charge in [-0.15, -0.1) is 0 Å². The van der Waals surface area contributed by atoms with Gasteiger partial charge in [0.05, 0.1) is 11.0 Å². The number of aromatic hydroxyl groups is 1. The van der Waals surface area contributed by atoms with Crippen molar-refractivity contribution >= 4 is 17.3 Å². The first-order chi connectivity index (χ1) is 8.54. The van der Waals surface area contributed by atoms with Crippen molar-refractivity contribution in [3.8, 4) is 5.75 Å². The minimum Gasteiger partial charge on any atom is -0.508 e. The fourth-order valence-electron chi connectivity index (χ4n) is 1.42. The Kier molecular flexibility index (Phi) is 5.06. The molecule has 7 heteroatoms. The zero-order valence-electron chi connectivity index (χ0n) is 9.97. The van der Waals surface area contributed by atoms with Gasteiger partial charge in [-0.3, -0.25) is 14.9 Å². The fourth-order valence-corrected chi connectivity index (χ4v) is 1.42. The second-order valence-corrected chi connectivity index (χ2v) is 3.71. The highest BCUT2D eigenvalue weighted by Crippen LogP contribution is 2.28. The lowest BCUT2D eigenvalue weighted by atomic mass is 10.2. The number of nitrogens with one attached hydrogen (secondary N) is 2. The Labute approximate surface area is 104 Å². The number of carbonyl (C=O) groups is 1. The van der Waals surface area contributed by atoms with Crippen molar-refractivity contribution in [1.29, 1.82) is 0 Å². The van der Waals surface area contributed by atoms with E-state index < -0.39 is 4.92 Å². The number of phenolic OH excluding ortho intramolecular Hbond substituents is 1. The first kappa shape index (κ1) is 13.9. The zero-order valence-corrected chi connectivity index (χ0v) is 9.97. The number of amides is 1. The van der Waals surface area contributed by atoms with Crippen molar-refractivity contribution in [3.63, 3.8) is 0 Å². The molecular weight excluding hydrogens is 238 g/mol. The number of nitro benzene ring substituents is 1. The highest BCUT2D eigenvalue weighted by Gasteiger charge is 2.16. The van der Waals surface area contributed by atoms with Crippen molar-refractivity contribution in [2.75, 3.05) is 18.9 Å². The van der Waals surface area contributed by atoms with E-state index in [1.165, 1.54) is 12.1 Å². The molecule has 0 unspecified atom stereocenters. The molecule has 0 aliphatic rings. The highest BCUT2D eigenvalue weighted by molar-refractivity contribution is 5.93. The summed E-state index contributed by atoms with van der Waals surface area (Å²) in [5.74, 6) is -0.506. The van der Waals surface area contributed by atoms with Gasteiger partial charge in [-0.05, 0) is 32.1 Å². The highest BCUT2D eigenvalue weighted by atomic mass is 16.6. The Morgan fingerprint density at radius 1 is 1.50 bits per heavy atom. The van der Waals surface area contributed by atoms with Gasteiger partial charge in [0.25, 0.3) is 5.69 Å². The third-order valence-electron chi connectivity index (χ3n) is 2.28. The Balaban J connectivity index is 2.72. The lowest BCUT2D eigenvalue weighted by Gasteiger charge is -2.06. The molecule has 1 amide bonds. The van der Waals surface area contributed by atoms with Gasteiger partial charge in [-0.1, -0.05) is 0 Å². The van der Waals surface area contributed by atoms with E-state index in [1.54, 1.807) is 7.05 Å². The first-order valence-corrected chi connectivity index (χ1v) is 5.46. The predicted octanol–water partition coefficient (Wildman–Crippen LogP) is 1.24. The number of anilines is 1. The van der Waals surface area contributed by atoms with Crippen molar-refractivity contribution in [1.82, 2.24) is 5.32 Å². The minimum absolute atomic E-state index is 0.0901. The van der Waals surface area contributed by atoms with E-state index in [-0.39, 0.29) is 29.5 Å². The maximum Gasteiger partial charge on any atom is 0.296 e. The van der Waals surface area contributed by atoms with Crippen LogP contribution in [0, 0.1) is 10.1 Å². The summed E-state index contributed by atoms with van der Waals surface area (Å²) >= 11 is 0. The third-order valence-corrected chi connectivity index (χ3v) is 2.28. The number of hydrogen-bond donors (Lipinski definition) is 3. The Bertz CT molecular complexity index is 448. The molecule has 1 aromatic rings. The number of nitrogens with zero attached hydrogens (tertiary/aromatic N) is 1. The van der Waals surface area contributed by atoms with Crippen molar-refractivity contribution in [2.45, 2.75) is 12.8 Å². The van der Waals surface area contributed by atoms with Gasteiger partial charge < -0.3 is 15.7 Å². The molecule has 0 aliphatic heterocycles. The molecule has 0 bridgehead atoms. The number of nitro groups is 1. The van der Waals surface area contributed by atoms with E-state index in [0.29, 0.717) is 13.0 Å². The van der Waals surface area contributed by atoms with Gasteiger partial charge in [0.1, 0.15) is 11.4 Å². The monoisotopic (exact) mass is 253 g/mol. The lowest BCUT2D eigenvalue weighted by molar-refractivity contribution is -0.384. The van der Waals surface area contributed by atoms with Crippen LogP contribution in [0.2, 0.25) is 0 Å². The van der Waals surface area contributed by atoms with Crippen LogP contribution in [0.5, 0.6) is 5.75 Å². The lowest BCUT2D eigenvalue weighted by Crippen LogP contribution is -2.15. The van der Waals surface area contributed by atoms with E-state index in [9.17, 15) is 14.9 Å². The van der Waals surface area contributed by atoms with Crippen LogP contribution in [0.15, 0.2) is 18.2 Å². The Morgan fingerprint density at radius 3 is 2.83 bits per heavy atom. The van der Waals surface area contributed by atoms with Crippen molar-refractivity contribution < 1.29 is 14.8 Å². The Morgan fingerprint density at radius 2 is 2.22 bits per heavy atom. The molecule has 1 aromatic carbocycles. The van der Waals surface area contributed by atoms with Gasteiger partial charge in [0.2, 0.25) is 5.91 Å². The topological polar surface area (TPSA) is 104 Å². The van der Waals surface area contributed by atoms with Gasteiger partial charge in [0, 0.05) is 6.42 Å². The molecular formula is C11H15N3O4. The summed E-state index contributed by atoms with van der Waals surface area (Å²) < 4.78 is 0. The predicted molar refractivity (Wildman–Crippen MR) is 66.6 cm³/mol. The van der Waals surface area contributed by atoms with E-state index >= 15 is 0 Å². The van der Waals surface area contributed by atoms with Gasteiger partial charge in [-0.2, -0.15) is 0 Å². The molecule has 98 valence electrons. The van der Waals surface area contributed by atoms with Crippen LogP contribution < -0.4 is 10.6 Å².